The van der Waals surface area contributed by atoms with Gasteiger partial charge in [-0.15, -0.1) is 0 Å². The maximum Gasteiger partial charge on any atom is 0.113 e. The van der Waals surface area contributed by atoms with E-state index >= 15 is 0 Å². The highest BCUT2D eigenvalue weighted by Crippen LogP contribution is 2.29. The van der Waals surface area contributed by atoms with E-state index in [2.05, 4.69) is 11.3 Å². The van der Waals surface area contributed by atoms with Gasteiger partial charge in [0.25, 0.3) is 0 Å². The SMILES string of the molecule is Cn1n[c]cc1-c1ccc(Cl)cc1Cl. The van der Waals surface area contributed by atoms with E-state index in [9.17, 15) is 0 Å². The minimum atomic E-state index is 0.620. The van der Waals surface area contributed by atoms with E-state index < -0.39 is 0 Å². The zero-order chi connectivity index (χ0) is 10.1. The Balaban J connectivity index is 2.58. The second-order valence-corrected chi connectivity index (χ2v) is 3.75. The standard InChI is InChI=1S/C10H7Cl2N2/c1-14-10(4-5-13-14)8-3-2-7(11)6-9(8)12/h2-4,6H,1H3. The van der Waals surface area contributed by atoms with Crippen molar-refractivity contribution in [3.8, 4) is 11.3 Å². The van der Waals surface area contributed by atoms with Crippen molar-refractivity contribution in [1.29, 1.82) is 0 Å². The van der Waals surface area contributed by atoms with Crippen molar-refractivity contribution in [2.75, 3.05) is 0 Å². The zero-order valence-electron chi connectivity index (χ0n) is 7.46. The van der Waals surface area contributed by atoms with Crippen LogP contribution in [0, 0.1) is 6.20 Å². The zero-order valence-corrected chi connectivity index (χ0v) is 8.97. The Hall–Kier alpha value is -0.990. The van der Waals surface area contributed by atoms with Crippen molar-refractivity contribution in [2.45, 2.75) is 0 Å². The molecule has 1 radical (unpaired) electrons. The first-order valence-corrected chi connectivity index (χ1v) is 4.79. The summed E-state index contributed by atoms with van der Waals surface area (Å²) in [6.07, 6.45) is 2.76. The van der Waals surface area contributed by atoms with E-state index in [0.29, 0.717) is 10.0 Å². The second-order valence-electron chi connectivity index (χ2n) is 2.91. The summed E-state index contributed by atoms with van der Waals surface area (Å²) in [6.45, 7) is 0. The van der Waals surface area contributed by atoms with Crippen LogP contribution in [0.4, 0.5) is 0 Å². The van der Waals surface area contributed by atoms with Gasteiger partial charge in [-0.3, -0.25) is 4.68 Å². The molecule has 0 fully saturated rings. The molecule has 0 N–H and O–H groups in total. The Morgan fingerprint density at radius 3 is 2.71 bits per heavy atom. The Kier molecular flexibility index (Phi) is 2.48. The predicted molar refractivity (Wildman–Crippen MR) is 57.5 cm³/mol. The third-order valence-corrected chi connectivity index (χ3v) is 2.51. The smallest absolute Gasteiger partial charge is 0.113 e. The summed E-state index contributed by atoms with van der Waals surface area (Å²) in [7, 11) is 1.84. The molecule has 0 saturated heterocycles. The molecule has 1 aromatic carbocycles. The molecule has 0 aliphatic rings. The molecule has 0 aliphatic heterocycles. The normalized spacial score (nSPS) is 10.5. The fourth-order valence-corrected chi connectivity index (χ4v) is 1.78. The van der Waals surface area contributed by atoms with Crippen LogP contribution in [0.3, 0.4) is 0 Å². The van der Waals surface area contributed by atoms with Gasteiger partial charge in [0.05, 0.1) is 10.7 Å². The van der Waals surface area contributed by atoms with Gasteiger partial charge in [-0.2, -0.15) is 5.10 Å². The average molecular weight is 226 g/mol. The fraction of sp³-hybridized carbons (Fsp3) is 0.100. The molecular formula is C10H7Cl2N2. The summed E-state index contributed by atoms with van der Waals surface area (Å²) in [5, 5.41) is 5.21. The van der Waals surface area contributed by atoms with Crippen molar-refractivity contribution >= 4 is 23.2 Å². The van der Waals surface area contributed by atoms with Crippen molar-refractivity contribution in [3.05, 3.63) is 40.5 Å². The molecule has 2 nitrogen and oxygen atoms in total. The molecule has 0 bridgehead atoms. The molecule has 0 atom stereocenters. The topological polar surface area (TPSA) is 17.8 Å². The van der Waals surface area contributed by atoms with E-state index in [-0.39, 0.29) is 0 Å². The van der Waals surface area contributed by atoms with E-state index in [1.54, 1.807) is 22.9 Å². The monoisotopic (exact) mass is 225 g/mol. The first kappa shape index (κ1) is 9.56. The summed E-state index contributed by atoms with van der Waals surface area (Å²) in [5.41, 5.74) is 1.83. The quantitative estimate of drug-likeness (QED) is 0.730. The van der Waals surface area contributed by atoms with Crippen LogP contribution >= 0.6 is 23.2 Å². The molecule has 4 heteroatoms. The number of aromatic nitrogens is 2. The van der Waals surface area contributed by atoms with E-state index in [1.807, 2.05) is 13.1 Å². The lowest BCUT2D eigenvalue weighted by atomic mass is 10.1. The maximum atomic E-state index is 6.05. The third-order valence-electron chi connectivity index (χ3n) is 1.96. The van der Waals surface area contributed by atoms with E-state index in [0.717, 1.165) is 11.3 Å². The summed E-state index contributed by atoms with van der Waals surface area (Å²) in [5.74, 6) is 0. The van der Waals surface area contributed by atoms with Crippen LogP contribution in [-0.2, 0) is 7.05 Å². The number of hydrogen-bond acceptors (Lipinski definition) is 1. The molecule has 14 heavy (non-hydrogen) atoms. The summed E-state index contributed by atoms with van der Waals surface area (Å²) < 4.78 is 1.72. The number of benzene rings is 1. The van der Waals surface area contributed by atoms with Gasteiger partial charge in [-0.25, -0.2) is 0 Å². The van der Waals surface area contributed by atoms with Gasteiger partial charge >= 0.3 is 0 Å². The fourth-order valence-electron chi connectivity index (χ4n) is 1.27. The number of rotatable bonds is 1. The van der Waals surface area contributed by atoms with Crippen LogP contribution in [0.25, 0.3) is 11.3 Å². The van der Waals surface area contributed by atoms with Gasteiger partial charge in [0.15, 0.2) is 0 Å². The van der Waals surface area contributed by atoms with Crippen LogP contribution in [0.15, 0.2) is 24.3 Å². The van der Waals surface area contributed by atoms with Crippen LogP contribution in [0.5, 0.6) is 0 Å². The molecule has 0 aliphatic carbocycles. The highest BCUT2D eigenvalue weighted by atomic mass is 35.5. The van der Waals surface area contributed by atoms with Crippen LogP contribution in [0.2, 0.25) is 10.0 Å². The van der Waals surface area contributed by atoms with Crippen LogP contribution in [-0.4, -0.2) is 9.78 Å². The largest absolute Gasteiger partial charge is 0.267 e. The number of aryl methyl sites for hydroxylation is 1. The maximum absolute atomic E-state index is 6.05. The van der Waals surface area contributed by atoms with Gasteiger partial charge in [0.2, 0.25) is 0 Å². The molecular weight excluding hydrogens is 219 g/mol. The number of hydrogen-bond donors (Lipinski definition) is 0. The molecule has 0 amide bonds. The average Bonchev–Trinajstić information content (AvgIpc) is 2.52. The lowest BCUT2D eigenvalue weighted by Crippen LogP contribution is -1.93. The predicted octanol–water partition coefficient (Wildman–Crippen LogP) is 3.19. The first-order valence-electron chi connectivity index (χ1n) is 4.04. The third kappa shape index (κ3) is 1.63. The minimum absolute atomic E-state index is 0.620. The molecule has 1 heterocycles. The highest BCUT2D eigenvalue weighted by Gasteiger charge is 2.07. The molecule has 0 saturated carbocycles. The molecule has 2 aromatic rings. The first-order chi connectivity index (χ1) is 6.68. The summed E-state index contributed by atoms with van der Waals surface area (Å²) in [6, 6.07) is 7.17. The van der Waals surface area contributed by atoms with Gasteiger partial charge in [0.1, 0.15) is 6.20 Å². The molecule has 0 unspecified atom stereocenters. The van der Waals surface area contributed by atoms with E-state index in [1.165, 1.54) is 0 Å². The van der Waals surface area contributed by atoms with Crippen LogP contribution < -0.4 is 0 Å². The molecule has 2 rings (SSSR count). The van der Waals surface area contributed by atoms with Crippen molar-refractivity contribution in [2.24, 2.45) is 7.05 Å². The Bertz CT molecular complexity index is 463. The Morgan fingerprint density at radius 1 is 1.36 bits per heavy atom. The summed E-state index contributed by atoms with van der Waals surface area (Å²) in [4.78, 5) is 0. The van der Waals surface area contributed by atoms with Crippen molar-refractivity contribution in [1.82, 2.24) is 9.78 Å². The van der Waals surface area contributed by atoms with Gasteiger partial charge in [-0.1, -0.05) is 23.2 Å². The minimum Gasteiger partial charge on any atom is -0.267 e. The highest BCUT2D eigenvalue weighted by molar-refractivity contribution is 6.36. The number of halogens is 2. The molecule has 71 valence electrons. The van der Waals surface area contributed by atoms with Gasteiger partial charge in [0, 0.05) is 17.6 Å². The van der Waals surface area contributed by atoms with Crippen LogP contribution in [0.1, 0.15) is 0 Å². The summed E-state index contributed by atoms with van der Waals surface area (Å²) >= 11 is 11.9. The van der Waals surface area contributed by atoms with Gasteiger partial charge in [-0.05, 0) is 24.3 Å². The Morgan fingerprint density at radius 2 is 2.14 bits per heavy atom. The molecule has 1 aromatic heterocycles. The van der Waals surface area contributed by atoms with Crippen molar-refractivity contribution < 1.29 is 0 Å². The number of nitrogens with zero attached hydrogens (tertiary/aromatic N) is 2. The molecule has 0 spiro atoms. The van der Waals surface area contributed by atoms with Gasteiger partial charge < -0.3 is 0 Å². The Labute approximate surface area is 92.1 Å². The lowest BCUT2D eigenvalue weighted by molar-refractivity contribution is 0.773. The lowest BCUT2D eigenvalue weighted by Gasteiger charge is -2.04. The van der Waals surface area contributed by atoms with E-state index in [4.69, 9.17) is 23.2 Å². The van der Waals surface area contributed by atoms with Crippen molar-refractivity contribution in [3.63, 3.8) is 0 Å². The second kappa shape index (κ2) is 3.64.